The van der Waals surface area contributed by atoms with Gasteiger partial charge in [0.25, 0.3) is 0 Å². The van der Waals surface area contributed by atoms with Crippen LogP contribution in [0.25, 0.3) is 11.4 Å². The molecule has 5 nitrogen and oxygen atoms in total. The summed E-state index contributed by atoms with van der Waals surface area (Å²) in [5.74, 6) is 1.26. The van der Waals surface area contributed by atoms with Crippen molar-refractivity contribution in [2.24, 2.45) is 11.7 Å². The van der Waals surface area contributed by atoms with Crippen LogP contribution in [0.1, 0.15) is 25.8 Å². The highest BCUT2D eigenvalue weighted by molar-refractivity contribution is 5.51. The van der Waals surface area contributed by atoms with Crippen molar-refractivity contribution >= 4 is 0 Å². The Labute approximate surface area is 93.7 Å². The van der Waals surface area contributed by atoms with E-state index in [1.54, 1.807) is 12.4 Å². The van der Waals surface area contributed by atoms with Gasteiger partial charge in [-0.1, -0.05) is 19.0 Å². The molecular formula is C11H14N4O. The van der Waals surface area contributed by atoms with Crippen LogP contribution >= 0.6 is 0 Å². The van der Waals surface area contributed by atoms with Crippen molar-refractivity contribution in [1.82, 2.24) is 15.1 Å². The zero-order valence-corrected chi connectivity index (χ0v) is 9.29. The lowest BCUT2D eigenvalue weighted by atomic mass is 10.1. The zero-order valence-electron chi connectivity index (χ0n) is 9.29. The molecule has 1 atom stereocenters. The third kappa shape index (κ3) is 2.09. The summed E-state index contributed by atoms with van der Waals surface area (Å²) < 4.78 is 5.13. The molecule has 2 N–H and O–H groups in total. The number of hydrogen-bond donors (Lipinski definition) is 1. The monoisotopic (exact) mass is 218 g/mol. The second-order valence-electron chi connectivity index (χ2n) is 3.97. The van der Waals surface area contributed by atoms with Crippen LogP contribution in [0.2, 0.25) is 0 Å². The fourth-order valence-electron chi connectivity index (χ4n) is 1.27. The van der Waals surface area contributed by atoms with E-state index in [0.717, 1.165) is 5.56 Å². The minimum absolute atomic E-state index is 0.224. The van der Waals surface area contributed by atoms with Gasteiger partial charge in [0.15, 0.2) is 0 Å². The average Bonchev–Trinajstić information content (AvgIpc) is 2.78. The molecule has 5 heteroatoms. The Balaban J connectivity index is 2.27. The van der Waals surface area contributed by atoms with Crippen LogP contribution in [0.3, 0.4) is 0 Å². The van der Waals surface area contributed by atoms with E-state index in [4.69, 9.17) is 10.3 Å². The van der Waals surface area contributed by atoms with Gasteiger partial charge in [0.2, 0.25) is 11.7 Å². The normalized spacial score (nSPS) is 13.0. The SMILES string of the molecule is CC(C)C(N)c1nc(-c2cccnc2)no1. The Morgan fingerprint density at radius 1 is 1.38 bits per heavy atom. The summed E-state index contributed by atoms with van der Waals surface area (Å²) in [4.78, 5) is 8.26. The molecule has 0 aliphatic carbocycles. The minimum atomic E-state index is -0.224. The molecule has 0 bridgehead atoms. The molecule has 2 aromatic heterocycles. The first-order chi connectivity index (χ1) is 7.68. The Morgan fingerprint density at radius 3 is 2.81 bits per heavy atom. The summed E-state index contributed by atoms with van der Waals surface area (Å²) >= 11 is 0. The third-order valence-electron chi connectivity index (χ3n) is 2.36. The van der Waals surface area contributed by atoms with Gasteiger partial charge >= 0.3 is 0 Å². The van der Waals surface area contributed by atoms with Crippen molar-refractivity contribution in [3.05, 3.63) is 30.4 Å². The van der Waals surface area contributed by atoms with Crippen molar-refractivity contribution < 1.29 is 4.52 Å². The number of nitrogens with two attached hydrogens (primary N) is 1. The van der Waals surface area contributed by atoms with Gasteiger partial charge in [-0.25, -0.2) is 0 Å². The van der Waals surface area contributed by atoms with E-state index in [0.29, 0.717) is 11.7 Å². The largest absolute Gasteiger partial charge is 0.337 e. The first-order valence-electron chi connectivity index (χ1n) is 5.18. The summed E-state index contributed by atoms with van der Waals surface area (Å²) in [7, 11) is 0. The molecule has 0 aliphatic rings. The van der Waals surface area contributed by atoms with Crippen molar-refractivity contribution in [2.45, 2.75) is 19.9 Å². The second kappa shape index (κ2) is 4.40. The molecule has 2 aromatic rings. The summed E-state index contributed by atoms with van der Waals surface area (Å²) in [6, 6.07) is 3.48. The summed E-state index contributed by atoms with van der Waals surface area (Å²) in [6.07, 6.45) is 3.39. The van der Waals surface area contributed by atoms with Crippen LogP contribution in [0.4, 0.5) is 0 Å². The highest BCUT2D eigenvalue weighted by atomic mass is 16.5. The Kier molecular flexibility index (Phi) is 2.96. The zero-order chi connectivity index (χ0) is 11.5. The second-order valence-corrected chi connectivity index (χ2v) is 3.97. The van der Waals surface area contributed by atoms with Crippen LogP contribution in [0.5, 0.6) is 0 Å². The molecule has 0 spiro atoms. The molecule has 0 aromatic carbocycles. The van der Waals surface area contributed by atoms with Crippen LogP contribution in [0.15, 0.2) is 29.0 Å². The van der Waals surface area contributed by atoms with E-state index < -0.39 is 0 Å². The van der Waals surface area contributed by atoms with Gasteiger partial charge in [-0.2, -0.15) is 4.98 Å². The van der Waals surface area contributed by atoms with Gasteiger partial charge in [0.05, 0.1) is 6.04 Å². The van der Waals surface area contributed by atoms with Gasteiger partial charge in [-0.3, -0.25) is 4.98 Å². The Hall–Kier alpha value is -1.75. The van der Waals surface area contributed by atoms with Gasteiger partial charge < -0.3 is 10.3 Å². The van der Waals surface area contributed by atoms with Gasteiger partial charge in [0, 0.05) is 18.0 Å². The first kappa shape index (κ1) is 10.8. The molecular weight excluding hydrogens is 204 g/mol. The number of nitrogens with zero attached hydrogens (tertiary/aromatic N) is 3. The van der Waals surface area contributed by atoms with Gasteiger partial charge in [-0.15, -0.1) is 0 Å². The lowest BCUT2D eigenvalue weighted by Gasteiger charge is -2.09. The molecule has 16 heavy (non-hydrogen) atoms. The summed E-state index contributed by atoms with van der Waals surface area (Å²) in [5.41, 5.74) is 6.74. The average molecular weight is 218 g/mol. The molecule has 2 rings (SSSR count). The van der Waals surface area contributed by atoms with E-state index in [2.05, 4.69) is 15.1 Å². The molecule has 0 amide bonds. The maximum absolute atomic E-state index is 5.92. The third-order valence-corrected chi connectivity index (χ3v) is 2.36. The van der Waals surface area contributed by atoms with Crippen molar-refractivity contribution in [2.75, 3.05) is 0 Å². The molecule has 2 heterocycles. The number of rotatable bonds is 3. The highest BCUT2D eigenvalue weighted by Gasteiger charge is 2.18. The molecule has 0 radical (unpaired) electrons. The lowest BCUT2D eigenvalue weighted by Crippen LogP contribution is -2.16. The molecule has 0 aliphatic heterocycles. The van der Waals surface area contributed by atoms with Crippen molar-refractivity contribution in [1.29, 1.82) is 0 Å². The quantitative estimate of drug-likeness (QED) is 0.849. The predicted molar refractivity (Wildman–Crippen MR) is 59.3 cm³/mol. The number of aromatic nitrogens is 3. The van der Waals surface area contributed by atoms with Crippen LogP contribution in [0, 0.1) is 5.92 Å². The van der Waals surface area contributed by atoms with E-state index >= 15 is 0 Å². The predicted octanol–water partition coefficient (Wildman–Crippen LogP) is 1.79. The molecule has 0 saturated carbocycles. The molecule has 1 unspecified atom stereocenters. The van der Waals surface area contributed by atoms with E-state index in [9.17, 15) is 0 Å². The van der Waals surface area contributed by atoms with Crippen molar-refractivity contribution in [3.8, 4) is 11.4 Å². The molecule has 0 saturated heterocycles. The van der Waals surface area contributed by atoms with E-state index in [1.165, 1.54) is 0 Å². The summed E-state index contributed by atoms with van der Waals surface area (Å²) in [6.45, 7) is 4.03. The Bertz CT molecular complexity index is 452. The fraction of sp³-hybridized carbons (Fsp3) is 0.364. The maximum Gasteiger partial charge on any atom is 0.244 e. The minimum Gasteiger partial charge on any atom is -0.337 e. The standard InChI is InChI=1S/C11H14N4O/c1-7(2)9(12)11-14-10(15-16-11)8-4-3-5-13-6-8/h3-7,9H,12H2,1-2H3. The van der Waals surface area contributed by atoms with E-state index in [1.807, 2.05) is 26.0 Å². The lowest BCUT2D eigenvalue weighted by molar-refractivity contribution is 0.325. The molecule has 0 fully saturated rings. The summed E-state index contributed by atoms with van der Waals surface area (Å²) in [5, 5.41) is 3.88. The fourth-order valence-corrected chi connectivity index (χ4v) is 1.27. The van der Waals surface area contributed by atoms with Gasteiger partial charge in [0.1, 0.15) is 0 Å². The van der Waals surface area contributed by atoms with Gasteiger partial charge in [-0.05, 0) is 18.1 Å². The topological polar surface area (TPSA) is 77.8 Å². The Morgan fingerprint density at radius 2 is 2.19 bits per heavy atom. The smallest absolute Gasteiger partial charge is 0.244 e. The highest BCUT2D eigenvalue weighted by Crippen LogP contribution is 2.20. The number of hydrogen-bond acceptors (Lipinski definition) is 5. The first-order valence-corrected chi connectivity index (χ1v) is 5.18. The van der Waals surface area contributed by atoms with Crippen LogP contribution < -0.4 is 5.73 Å². The van der Waals surface area contributed by atoms with Crippen LogP contribution in [-0.4, -0.2) is 15.1 Å². The van der Waals surface area contributed by atoms with Crippen molar-refractivity contribution in [3.63, 3.8) is 0 Å². The van der Waals surface area contributed by atoms with Crippen LogP contribution in [-0.2, 0) is 0 Å². The number of pyridine rings is 1. The maximum atomic E-state index is 5.92. The molecule has 84 valence electrons. The van der Waals surface area contributed by atoms with E-state index in [-0.39, 0.29) is 12.0 Å².